The summed E-state index contributed by atoms with van der Waals surface area (Å²) >= 11 is 0. The first-order valence-electron chi connectivity index (χ1n) is 10.5. The molecule has 0 radical (unpaired) electrons. The molecule has 2 aromatic rings. The van der Waals surface area contributed by atoms with E-state index in [-0.39, 0.29) is 11.9 Å². The molecule has 0 saturated carbocycles. The summed E-state index contributed by atoms with van der Waals surface area (Å²) in [7, 11) is 2.72. The summed E-state index contributed by atoms with van der Waals surface area (Å²) in [5.74, 6) is 0.451. The molecule has 0 N–H and O–H groups in total. The minimum atomic E-state index is -0.511. The van der Waals surface area contributed by atoms with E-state index in [9.17, 15) is 4.79 Å². The summed E-state index contributed by atoms with van der Waals surface area (Å²) in [4.78, 5) is 19.6. The van der Waals surface area contributed by atoms with Gasteiger partial charge in [-0.25, -0.2) is 4.98 Å². The molecule has 1 atom stereocenters. The summed E-state index contributed by atoms with van der Waals surface area (Å²) in [5, 5.41) is 0. The van der Waals surface area contributed by atoms with Gasteiger partial charge in [0.1, 0.15) is 5.69 Å². The smallest absolute Gasteiger partial charge is 0.481 e. The fraction of sp³-hybridized carbons (Fsp3) is 0.545. The minimum absolute atomic E-state index is 0.0676. The maximum Gasteiger partial charge on any atom is 0.496 e. The molecule has 8 nitrogen and oxygen atoms in total. The number of hydrogen-bond donors (Lipinski definition) is 0. The summed E-state index contributed by atoms with van der Waals surface area (Å²) in [6, 6.07) is 5.53. The van der Waals surface area contributed by atoms with Crippen LogP contribution in [-0.4, -0.2) is 65.5 Å². The van der Waals surface area contributed by atoms with E-state index < -0.39 is 18.3 Å². The molecule has 4 rings (SSSR count). The third-order valence-electron chi connectivity index (χ3n) is 6.51. The van der Waals surface area contributed by atoms with Gasteiger partial charge in [0, 0.05) is 37.1 Å². The lowest BCUT2D eigenvalue weighted by molar-refractivity contribution is 0.00578. The van der Waals surface area contributed by atoms with E-state index in [2.05, 4.69) is 4.98 Å². The zero-order chi connectivity index (χ0) is 22.4. The predicted octanol–water partition coefficient (Wildman–Crippen LogP) is 1.86. The third kappa shape index (κ3) is 3.86. The lowest BCUT2D eigenvalue weighted by Crippen LogP contribution is -2.49. The molecular formula is C22H30BN3O5. The van der Waals surface area contributed by atoms with Crippen LogP contribution in [0, 0.1) is 0 Å². The number of hydrogen-bond acceptors (Lipinski definition) is 6. The molecule has 2 aromatic heterocycles. The Morgan fingerprint density at radius 3 is 2.58 bits per heavy atom. The number of ether oxygens (including phenoxy) is 2. The zero-order valence-corrected chi connectivity index (χ0v) is 19.0. The van der Waals surface area contributed by atoms with Crippen molar-refractivity contribution < 1.29 is 23.6 Å². The fourth-order valence-electron chi connectivity index (χ4n) is 4.06. The number of fused-ring (bicyclic) bond motifs is 1. The molecule has 0 aromatic carbocycles. The summed E-state index contributed by atoms with van der Waals surface area (Å²) < 4.78 is 25.1. The number of carbonyl (C=O) groups is 1. The molecule has 0 spiro atoms. The SMILES string of the molecule is COC[C@H]1Cn2cc(B3OC(C)(C)C(C)(C)O3)cc2C(=O)N1Cc1cccnc1OC. The van der Waals surface area contributed by atoms with Crippen molar-refractivity contribution >= 4 is 18.5 Å². The minimum Gasteiger partial charge on any atom is -0.481 e. The highest BCUT2D eigenvalue weighted by Crippen LogP contribution is 2.36. The first-order chi connectivity index (χ1) is 14.7. The van der Waals surface area contributed by atoms with E-state index in [1.54, 1.807) is 20.4 Å². The van der Waals surface area contributed by atoms with Crippen LogP contribution in [0.3, 0.4) is 0 Å². The van der Waals surface area contributed by atoms with E-state index >= 15 is 0 Å². The van der Waals surface area contributed by atoms with Crippen LogP contribution in [0.15, 0.2) is 30.6 Å². The zero-order valence-electron chi connectivity index (χ0n) is 19.0. The number of amides is 1. The van der Waals surface area contributed by atoms with Crippen molar-refractivity contribution in [3.63, 3.8) is 0 Å². The average Bonchev–Trinajstić information content (AvgIpc) is 3.23. The van der Waals surface area contributed by atoms with Gasteiger partial charge in [0.05, 0.1) is 37.5 Å². The van der Waals surface area contributed by atoms with Crippen molar-refractivity contribution in [3.05, 3.63) is 41.9 Å². The highest BCUT2D eigenvalue weighted by Gasteiger charge is 2.52. The monoisotopic (exact) mass is 427 g/mol. The van der Waals surface area contributed by atoms with Gasteiger partial charge in [-0.2, -0.15) is 0 Å². The van der Waals surface area contributed by atoms with Crippen molar-refractivity contribution in [2.24, 2.45) is 0 Å². The first kappa shape index (κ1) is 21.9. The van der Waals surface area contributed by atoms with Crippen molar-refractivity contribution in [3.8, 4) is 5.88 Å². The highest BCUT2D eigenvalue weighted by molar-refractivity contribution is 6.62. The van der Waals surface area contributed by atoms with E-state index in [4.69, 9.17) is 18.8 Å². The van der Waals surface area contributed by atoms with E-state index in [1.807, 2.05) is 61.6 Å². The van der Waals surface area contributed by atoms with Gasteiger partial charge in [-0.3, -0.25) is 4.79 Å². The molecule has 0 bridgehead atoms. The maximum absolute atomic E-state index is 13.5. The normalized spacial score (nSPS) is 22.0. The number of rotatable bonds is 6. The quantitative estimate of drug-likeness (QED) is 0.656. The van der Waals surface area contributed by atoms with Crippen LogP contribution in [0.4, 0.5) is 0 Å². The Balaban J connectivity index is 1.63. The van der Waals surface area contributed by atoms with Crippen molar-refractivity contribution in [2.45, 2.75) is 58.0 Å². The van der Waals surface area contributed by atoms with Crippen molar-refractivity contribution in [1.29, 1.82) is 0 Å². The Labute approximate surface area is 183 Å². The van der Waals surface area contributed by atoms with E-state index in [1.165, 1.54) is 0 Å². The van der Waals surface area contributed by atoms with Gasteiger partial charge in [-0.05, 0) is 39.8 Å². The van der Waals surface area contributed by atoms with Gasteiger partial charge < -0.3 is 28.2 Å². The van der Waals surface area contributed by atoms with E-state index in [0.29, 0.717) is 31.3 Å². The van der Waals surface area contributed by atoms with Crippen LogP contribution in [0.1, 0.15) is 43.7 Å². The maximum atomic E-state index is 13.5. The molecular weight excluding hydrogens is 397 g/mol. The van der Waals surface area contributed by atoms with Gasteiger partial charge in [-0.1, -0.05) is 6.07 Å². The van der Waals surface area contributed by atoms with Gasteiger partial charge >= 0.3 is 7.12 Å². The molecule has 0 aliphatic carbocycles. The standard InChI is InChI=1S/C22H30BN3O5/c1-21(2)22(3,4)31-23(30-21)16-10-18-20(27)26(17(14-28-5)13-25(18)12-16)11-15-8-7-9-24-19(15)29-6/h7-10,12,17H,11,13-14H2,1-6H3/t17-/m1/s1. The first-order valence-corrected chi connectivity index (χ1v) is 10.5. The van der Waals surface area contributed by atoms with Crippen LogP contribution >= 0.6 is 0 Å². The molecule has 1 fully saturated rings. The lowest BCUT2D eigenvalue weighted by atomic mass is 9.81. The summed E-state index contributed by atoms with van der Waals surface area (Å²) in [6.07, 6.45) is 3.63. The molecule has 1 saturated heterocycles. The van der Waals surface area contributed by atoms with Crippen LogP contribution < -0.4 is 10.2 Å². The molecule has 4 heterocycles. The molecule has 2 aliphatic rings. The number of methoxy groups -OCH3 is 2. The van der Waals surface area contributed by atoms with Crippen LogP contribution in [-0.2, 0) is 27.1 Å². The van der Waals surface area contributed by atoms with Crippen molar-refractivity contribution in [2.75, 3.05) is 20.8 Å². The van der Waals surface area contributed by atoms with Gasteiger partial charge in [0.15, 0.2) is 0 Å². The molecule has 166 valence electrons. The second-order valence-electron chi connectivity index (χ2n) is 9.11. The van der Waals surface area contributed by atoms with Crippen LogP contribution in [0.2, 0.25) is 0 Å². The largest absolute Gasteiger partial charge is 0.496 e. The Bertz CT molecular complexity index is 958. The molecule has 9 heteroatoms. The van der Waals surface area contributed by atoms with Crippen molar-refractivity contribution in [1.82, 2.24) is 14.5 Å². The van der Waals surface area contributed by atoms with Gasteiger partial charge in [0.25, 0.3) is 5.91 Å². The number of carbonyl (C=O) groups excluding carboxylic acids is 1. The Kier molecular flexibility index (Phi) is 5.62. The fourth-order valence-corrected chi connectivity index (χ4v) is 4.06. The Hall–Kier alpha value is -2.36. The topological polar surface area (TPSA) is 75.1 Å². The predicted molar refractivity (Wildman–Crippen MR) is 116 cm³/mol. The molecule has 2 aliphatic heterocycles. The summed E-state index contributed by atoms with van der Waals surface area (Å²) in [6.45, 7) is 9.52. The van der Waals surface area contributed by atoms with E-state index in [0.717, 1.165) is 11.0 Å². The van der Waals surface area contributed by atoms with Gasteiger partial charge in [0.2, 0.25) is 5.88 Å². The highest BCUT2D eigenvalue weighted by atomic mass is 16.7. The average molecular weight is 427 g/mol. The second kappa shape index (κ2) is 7.96. The lowest BCUT2D eigenvalue weighted by Gasteiger charge is -2.36. The second-order valence-corrected chi connectivity index (χ2v) is 9.11. The number of pyridine rings is 1. The van der Waals surface area contributed by atoms with Crippen LogP contribution in [0.25, 0.3) is 0 Å². The number of nitrogens with zero attached hydrogens (tertiary/aromatic N) is 3. The Morgan fingerprint density at radius 2 is 1.94 bits per heavy atom. The van der Waals surface area contributed by atoms with Crippen LogP contribution in [0.5, 0.6) is 5.88 Å². The Morgan fingerprint density at radius 1 is 1.23 bits per heavy atom. The molecule has 31 heavy (non-hydrogen) atoms. The molecule has 0 unspecified atom stereocenters. The third-order valence-corrected chi connectivity index (χ3v) is 6.51. The van der Waals surface area contributed by atoms with Gasteiger partial charge in [-0.15, -0.1) is 0 Å². The summed E-state index contributed by atoms with van der Waals surface area (Å²) in [5.41, 5.74) is 1.43. The number of aromatic nitrogens is 2. The molecule has 1 amide bonds.